The number of anilines is 2. The molecule has 0 radical (unpaired) electrons. The largest absolute Gasteiger partial charge is 0.471 e. The van der Waals surface area contributed by atoms with Gasteiger partial charge in [-0.05, 0) is 17.2 Å². The van der Waals surface area contributed by atoms with Crippen LogP contribution in [0.2, 0.25) is 0 Å². The van der Waals surface area contributed by atoms with Crippen LogP contribution in [0.5, 0.6) is 5.88 Å². The van der Waals surface area contributed by atoms with Crippen molar-refractivity contribution in [2.24, 2.45) is 5.18 Å². The number of carbonyl (C=O) groups excluding carboxylic acids is 1. The second-order valence-electron chi connectivity index (χ2n) is 9.70. The molecule has 1 aromatic carbocycles. The van der Waals surface area contributed by atoms with Gasteiger partial charge in [-0.3, -0.25) is 4.79 Å². The van der Waals surface area contributed by atoms with Crippen molar-refractivity contribution in [1.29, 1.82) is 0 Å². The number of nitroso groups, excluding NO2 is 1. The van der Waals surface area contributed by atoms with Crippen LogP contribution >= 0.6 is 0 Å². The van der Waals surface area contributed by atoms with Crippen molar-refractivity contribution in [3.8, 4) is 5.88 Å². The average molecular weight is 512 g/mol. The molecule has 0 atom stereocenters. The van der Waals surface area contributed by atoms with E-state index in [-0.39, 0.29) is 35.8 Å². The highest BCUT2D eigenvalue weighted by Crippen LogP contribution is 2.33. The molecule has 0 fully saturated rings. The monoisotopic (exact) mass is 511 g/mol. The summed E-state index contributed by atoms with van der Waals surface area (Å²) >= 11 is 0. The van der Waals surface area contributed by atoms with Crippen molar-refractivity contribution in [3.05, 3.63) is 40.8 Å². The molecule has 37 heavy (non-hydrogen) atoms. The first kappa shape index (κ1) is 30.2. The number of hydrogen-bond acceptors (Lipinski definition) is 7. The summed E-state index contributed by atoms with van der Waals surface area (Å²) in [7, 11) is 0. The molecule has 0 aliphatic rings. The van der Waals surface area contributed by atoms with Crippen molar-refractivity contribution < 1.29 is 9.53 Å². The lowest BCUT2D eigenvalue weighted by atomic mass is 10.0. The number of nitrogens with zero attached hydrogens (tertiary/aromatic N) is 3. The van der Waals surface area contributed by atoms with Crippen molar-refractivity contribution in [2.45, 2.75) is 116 Å². The molecular weight excluding hydrogens is 466 g/mol. The molecule has 0 bridgehead atoms. The molecular formula is C29H45N5O3. The molecule has 3 N–H and O–H groups in total. The zero-order chi connectivity index (χ0) is 26.6. The highest BCUT2D eigenvalue weighted by Gasteiger charge is 2.18. The van der Waals surface area contributed by atoms with Gasteiger partial charge in [0.15, 0.2) is 5.82 Å². The number of hydrogen-bond donors (Lipinski definition) is 2. The van der Waals surface area contributed by atoms with Gasteiger partial charge >= 0.3 is 0 Å². The molecule has 0 spiro atoms. The fourth-order valence-electron chi connectivity index (χ4n) is 4.30. The van der Waals surface area contributed by atoms with Gasteiger partial charge in [-0.2, -0.15) is 9.97 Å². The molecule has 0 saturated heterocycles. The summed E-state index contributed by atoms with van der Waals surface area (Å²) in [6.45, 7) is 2.45. The van der Waals surface area contributed by atoms with E-state index in [0.29, 0.717) is 6.42 Å². The van der Waals surface area contributed by atoms with Gasteiger partial charge in [0.05, 0.1) is 0 Å². The smallest absolute Gasteiger partial charge is 0.251 e. The summed E-state index contributed by atoms with van der Waals surface area (Å²) in [4.78, 5) is 31.8. The molecule has 8 heteroatoms. The van der Waals surface area contributed by atoms with E-state index < -0.39 is 0 Å². The molecule has 0 saturated carbocycles. The third kappa shape index (κ3) is 13.2. The first-order valence-corrected chi connectivity index (χ1v) is 14.1. The Labute approximate surface area is 222 Å². The molecule has 2 aromatic rings. The molecule has 2 rings (SSSR count). The summed E-state index contributed by atoms with van der Waals surface area (Å²) in [5.41, 5.74) is 6.51. The summed E-state index contributed by atoms with van der Waals surface area (Å²) in [6.07, 6.45) is 19.4. The lowest BCUT2D eigenvalue weighted by Crippen LogP contribution is -2.14. The van der Waals surface area contributed by atoms with E-state index in [2.05, 4.69) is 27.4 Å². The standard InChI is InChI=1S/C29H45N5O3/c1-2-3-4-5-6-7-8-9-10-11-12-13-14-15-19-22-25(35)31-27-26(34-36)28(33-29(30)32-27)37-23-24-20-17-16-18-21-24/h16-18,20-21H,2-15,19,22-23H2,1H3,(H3,30,31,32,33,35). The van der Waals surface area contributed by atoms with Gasteiger partial charge in [-0.15, -0.1) is 4.91 Å². The number of unbranched alkanes of at least 4 members (excludes halogenated alkanes) is 14. The maximum Gasteiger partial charge on any atom is 0.251 e. The minimum atomic E-state index is -0.230. The lowest BCUT2D eigenvalue weighted by molar-refractivity contribution is -0.116. The van der Waals surface area contributed by atoms with Crippen LogP contribution < -0.4 is 15.8 Å². The first-order valence-electron chi connectivity index (χ1n) is 14.1. The van der Waals surface area contributed by atoms with Gasteiger partial charge in [-0.1, -0.05) is 127 Å². The molecule has 0 unspecified atom stereocenters. The van der Waals surface area contributed by atoms with E-state index in [1.807, 2.05) is 30.3 Å². The minimum Gasteiger partial charge on any atom is -0.471 e. The third-order valence-corrected chi connectivity index (χ3v) is 6.44. The normalized spacial score (nSPS) is 10.8. The number of nitrogen functional groups attached to an aromatic ring is 1. The first-order chi connectivity index (χ1) is 18.1. The Morgan fingerprint density at radius 3 is 1.92 bits per heavy atom. The minimum absolute atomic E-state index is 0.0171. The van der Waals surface area contributed by atoms with Crippen LogP contribution in [0, 0.1) is 4.91 Å². The highest BCUT2D eigenvalue weighted by molar-refractivity contribution is 5.93. The Balaban J connectivity index is 1.58. The molecule has 1 heterocycles. The maximum atomic E-state index is 12.4. The summed E-state index contributed by atoms with van der Waals surface area (Å²) in [6, 6.07) is 9.44. The predicted octanol–water partition coefficient (Wildman–Crippen LogP) is 8.24. The Morgan fingerprint density at radius 1 is 0.838 bits per heavy atom. The van der Waals surface area contributed by atoms with E-state index >= 15 is 0 Å². The second kappa shape index (κ2) is 19.1. The predicted molar refractivity (Wildman–Crippen MR) is 151 cm³/mol. The average Bonchev–Trinajstić information content (AvgIpc) is 2.90. The van der Waals surface area contributed by atoms with Crippen LogP contribution in [0.1, 0.15) is 115 Å². The number of benzene rings is 1. The molecule has 1 aromatic heterocycles. The van der Waals surface area contributed by atoms with E-state index in [1.165, 1.54) is 77.0 Å². The van der Waals surface area contributed by atoms with Crippen LogP contribution in [0.3, 0.4) is 0 Å². The van der Waals surface area contributed by atoms with Crippen LogP contribution in [-0.2, 0) is 11.4 Å². The molecule has 0 aliphatic heterocycles. The lowest BCUT2D eigenvalue weighted by Gasteiger charge is -2.11. The Kier molecular flexibility index (Phi) is 15.6. The molecule has 0 aliphatic carbocycles. The Bertz CT molecular complexity index is 908. The van der Waals surface area contributed by atoms with Crippen LogP contribution in [0.25, 0.3) is 0 Å². The number of rotatable bonds is 21. The fourth-order valence-corrected chi connectivity index (χ4v) is 4.30. The van der Waals surface area contributed by atoms with Gasteiger partial charge in [0.2, 0.25) is 17.5 Å². The van der Waals surface area contributed by atoms with Crippen molar-refractivity contribution in [3.63, 3.8) is 0 Å². The van der Waals surface area contributed by atoms with Crippen LogP contribution in [0.4, 0.5) is 17.5 Å². The highest BCUT2D eigenvalue weighted by atomic mass is 16.5. The van der Waals surface area contributed by atoms with Gasteiger partial charge < -0.3 is 15.8 Å². The number of amides is 1. The van der Waals surface area contributed by atoms with Crippen LogP contribution in [0.15, 0.2) is 35.5 Å². The van der Waals surface area contributed by atoms with Crippen LogP contribution in [-0.4, -0.2) is 15.9 Å². The summed E-state index contributed by atoms with van der Waals surface area (Å²) in [5.74, 6) is -0.394. The number of carbonyl (C=O) groups is 1. The zero-order valence-corrected chi connectivity index (χ0v) is 22.6. The number of aromatic nitrogens is 2. The molecule has 8 nitrogen and oxygen atoms in total. The number of nitrogens with one attached hydrogen (secondary N) is 1. The number of nitrogens with two attached hydrogens (primary N) is 1. The Morgan fingerprint density at radius 2 is 1.38 bits per heavy atom. The van der Waals surface area contributed by atoms with Gasteiger partial charge in [0.1, 0.15) is 6.61 Å². The van der Waals surface area contributed by atoms with Gasteiger partial charge in [0, 0.05) is 6.42 Å². The molecule has 204 valence electrons. The third-order valence-electron chi connectivity index (χ3n) is 6.44. The van der Waals surface area contributed by atoms with E-state index in [4.69, 9.17) is 10.5 Å². The van der Waals surface area contributed by atoms with Gasteiger partial charge in [-0.25, -0.2) is 0 Å². The maximum absolute atomic E-state index is 12.4. The van der Waals surface area contributed by atoms with E-state index in [9.17, 15) is 9.70 Å². The van der Waals surface area contributed by atoms with Crippen molar-refractivity contribution >= 4 is 23.4 Å². The van der Waals surface area contributed by atoms with Crippen molar-refractivity contribution in [2.75, 3.05) is 11.1 Å². The zero-order valence-electron chi connectivity index (χ0n) is 22.6. The number of ether oxygens (including phenoxy) is 1. The van der Waals surface area contributed by atoms with Gasteiger partial charge in [0.25, 0.3) is 5.88 Å². The summed E-state index contributed by atoms with van der Waals surface area (Å²) in [5, 5.41) is 5.63. The van der Waals surface area contributed by atoms with E-state index in [0.717, 1.165) is 24.8 Å². The van der Waals surface area contributed by atoms with E-state index in [1.54, 1.807) is 0 Å². The van der Waals surface area contributed by atoms with Crippen molar-refractivity contribution in [1.82, 2.24) is 9.97 Å². The Hall–Kier alpha value is -3.03. The molecule has 1 amide bonds. The second-order valence-corrected chi connectivity index (χ2v) is 9.70. The summed E-state index contributed by atoms with van der Waals surface area (Å²) < 4.78 is 5.63. The fraction of sp³-hybridized carbons (Fsp3) is 0.621. The topological polar surface area (TPSA) is 120 Å². The quantitative estimate of drug-likeness (QED) is 0.129. The SMILES string of the molecule is CCCCCCCCCCCCCCCCCC(=O)Nc1nc(N)nc(OCc2ccccc2)c1N=O.